The van der Waals surface area contributed by atoms with Crippen molar-refractivity contribution in [3.8, 4) is 11.1 Å². The summed E-state index contributed by atoms with van der Waals surface area (Å²) >= 11 is 0. The maximum atomic E-state index is 13.0. The van der Waals surface area contributed by atoms with Crippen molar-refractivity contribution in [3.63, 3.8) is 0 Å². The molecule has 1 saturated heterocycles. The summed E-state index contributed by atoms with van der Waals surface area (Å²) in [6.07, 6.45) is 2.10. The Morgan fingerprint density at radius 3 is 2.61 bits per heavy atom. The molecule has 1 aliphatic heterocycles. The first-order valence-corrected chi connectivity index (χ1v) is 11.4. The molecule has 1 amide bonds. The number of amides is 1. The molecule has 0 saturated carbocycles. The number of aromatic nitrogens is 4. The number of hydrogen-bond acceptors (Lipinski definition) is 6. The maximum absolute atomic E-state index is 13.0. The molecular formula is C25H23F3N6O2. The number of aliphatic hydroxyl groups excluding tert-OH is 1. The molecule has 0 atom stereocenters. The van der Waals surface area contributed by atoms with Gasteiger partial charge in [-0.3, -0.25) is 24.8 Å². The fourth-order valence-corrected chi connectivity index (χ4v) is 4.29. The monoisotopic (exact) mass is 496 g/mol. The Bertz CT molecular complexity index is 1400. The summed E-state index contributed by atoms with van der Waals surface area (Å²) in [7, 11) is 0. The highest BCUT2D eigenvalue weighted by atomic mass is 19.4. The minimum atomic E-state index is -4.57. The number of piperidine rings is 1. The fraction of sp³-hybridized carbons (Fsp3) is 0.280. The second kappa shape index (κ2) is 9.67. The first-order chi connectivity index (χ1) is 17.3. The van der Waals surface area contributed by atoms with Gasteiger partial charge in [-0.1, -0.05) is 6.07 Å². The molecule has 4 heterocycles. The van der Waals surface area contributed by atoms with Crippen molar-refractivity contribution in [2.24, 2.45) is 0 Å². The van der Waals surface area contributed by atoms with Crippen molar-refractivity contribution in [1.29, 1.82) is 0 Å². The number of fused-ring (bicyclic) bond motifs is 1. The standard InChI is InChI=1S/C25H23F3N6O2/c26-25(27,28)18-9-19(13-30-12-18)31-24(36)23-21-8-16(1-2-22(21)32-33-23)17-7-15(10-29-11-17)14-34-5-3-20(35)4-6-34/h1-2,7-13,20,35H,3-6,14H2,(H,31,36)(H,32,33). The van der Waals surface area contributed by atoms with Crippen LogP contribution in [0, 0.1) is 0 Å². The van der Waals surface area contributed by atoms with Crippen LogP contribution in [0.2, 0.25) is 0 Å². The third-order valence-electron chi connectivity index (χ3n) is 6.19. The predicted octanol–water partition coefficient (Wildman–Crippen LogP) is 4.25. The number of pyridine rings is 2. The van der Waals surface area contributed by atoms with Crippen LogP contribution in [0.25, 0.3) is 22.0 Å². The van der Waals surface area contributed by atoms with Crippen LogP contribution in [0.5, 0.6) is 0 Å². The van der Waals surface area contributed by atoms with Gasteiger partial charge >= 0.3 is 6.18 Å². The molecule has 11 heteroatoms. The highest BCUT2D eigenvalue weighted by Crippen LogP contribution is 2.30. The van der Waals surface area contributed by atoms with Crippen LogP contribution < -0.4 is 5.32 Å². The number of carbonyl (C=O) groups excluding carboxylic acids is 1. The molecule has 5 rings (SSSR count). The first kappa shape index (κ1) is 23.9. The average molecular weight is 496 g/mol. The van der Waals surface area contributed by atoms with Gasteiger partial charge in [0.1, 0.15) is 0 Å². The summed E-state index contributed by atoms with van der Waals surface area (Å²) in [4.78, 5) is 23.1. The van der Waals surface area contributed by atoms with E-state index < -0.39 is 17.6 Å². The minimum absolute atomic E-state index is 0.0558. The lowest BCUT2D eigenvalue weighted by atomic mass is 10.0. The fourth-order valence-electron chi connectivity index (χ4n) is 4.29. The molecule has 0 spiro atoms. The second-order valence-electron chi connectivity index (χ2n) is 8.84. The van der Waals surface area contributed by atoms with Crippen LogP contribution in [-0.2, 0) is 12.7 Å². The number of nitrogens with one attached hydrogen (secondary N) is 2. The number of halogens is 3. The number of H-pyrrole nitrogens is 1. The quantitative estimate of drug-likeness (QED) is 0.382. The number of nitrogens with zero attached hydrogens (tertiary/aromatic N) is 4. The summed E-state index contributed by atoms with van der Waals surface area (Å²) in [5.74, 6) is -0.654. The van der Waals surface area contributed by atoms with Crippen molar-refractivity contribution in [1.82, 2.24) is 25.1 Å². The summed E-state index contributed by atoms with van der Waals surface area (Å²) < 4.78 is 38.9. The molecule has 4 aromatic rings. The van der Waals surface area contributed by atoms with Crippen molar-refractivity contribution in [2.45, 2.75) is 31.7 Å². The van der Waals surface area contributed by atoms with E-state index in [1.54, 1.807) is 18.3 Å². The van der Waals surface area contributed by atoms with Crippen molar-refractivity contribution >= 4 is 22.5 Å². The molecule has 186 valence electrons. The van der Waals surface area contributed by atoms with E-state index in [1.807, 2.05) is 18.3 Å². The van der Waals surface area contributed by atoms with Crippen LogP contribution in [0.15, 0.2) is 55.1 Å². The molecule has 1 aromatic carbocycles. The van der Waals surface area contributed by atoms with E-state index >= 15 is 0 Å². The van der Waals surface area contributed by atoms with Crippen LogP contribution >= 0.6 is 0 Å². The summed E-state index contributed by atoms with van der Waals surface area (Å²) in [6, 6.07) is 8.34. The van der Waals surface area contributed by atoms with E-state index in [1.165, 1.54) is 0 Å². The lowest BCUT2D eigenvalue weighted by Crippen LogP contribution is -2.35. The van der Waals surface area contributed by atoms with Gasteiger partial charge in [-0.05, 0) is 48.2 Å². The molecule has 1 aliphatic rings. The van der Waals surface area contributed by atoms with E-state index in [2.05, 4.69) is 30.4 Å². The SMILES string of the molecule is O=C(Nc1cncc(C(F)(F)F)c1)c1n[nH]c2ccc(-c3cncc(CN4CCC(O)CC4)c3)cc12. The molecule has 0 aliphatic carbocycles. The van der Waals surface area contributed by atoms with Crippen molar-refractivity contribution in [3.05, 3.63) is 71.9 Å². The number of carbonyl (C=O) groups is 1. The zero-order valence-electron chi connectivity index (χ0n) is 19.1. The van der Waals surface area contributed by atoms with Gasteiger partial charge in [-0.15, -0.1) is 0 Å². The van der Waals surface area contributed by atoms with E-state index in [4.69, 9.17) is 0 Å². The largest absolute Gasteiger partial charge is 0.417 e. The van der Waals surface area contributed by atoms with Gasteiger partial charge in [0, 0.05) is 49.2 Å². The van der Waals surface area contributed by atoms with Gasteiger partial charge < -0.3 is 10.4 Å². The molecule has 3 N–H and O–H groups in total. The summed E-state index contributed by atoms with van der Waals surface area (Å²) in [5, 5.41) is 19.6. The number of likely N-dealkylation sites (tertiary alicyclic amines) is 1. The Kier molecular flexibility index (Phi) is 6.42. The lowest BCUT2D eigenvalue weighted by Gasteiger charge is -2.29. The summed E-state index contributed by atoms with van der Waals surface area (Å²) in [6.45, 7) is 2.37. The van der Waals surface area contributed by atoms with Gasteiger partial charge in [-0.2, -0.15) is 18.3 Å². The molecule has 0 bridgehead atoms. The Morgan fingerprint density at radius 1 is 1.06 bits per heavy atom. The molecule has 0 unspecified atom stereocenters. The predicted molar refractivity (Wildman–Crippen MR) is 127 cm³/mol. The van der Waals surface area contributed by atoms with Crippen molar-refractivity contribution < 1.29 is 23.1 Å². The van der Waals surface area contributed by atoms with Gasteiger partial charge in [0.05, 0.1) is 29.1 Å². The second-order valence-corrected chi connectivity index (χ2v) is 8.84. The normalized spacial score (nSPS) is 15.3. The van der Waals surface area contributed by atoms with Gasteiger partial charge in [0.25, 0.3) is 5.91 Å². The Morgan fingerprint density at radius 2 is 1.83 bits per heavy atom. The van der Waals surface area contributed by atoms with Crippen LogP contribution in [0.1, 0.15) is 34.5 Å². The number of aliphatic hydroxyl groups is 1. The van der Waals surface area contributed by atoms with E-state index in [9.17, 15) is 23.1 Å². The number of rotatable bonds is 5. The van der Waals surface area contributed by atoms with Crippen molar-refractivity contribution in [2.75, 3.05) is 18.4 Å². The smallest absolute Gasteiger partial charge is 0.393 e. The van der Waals surface area contributed by atoms with E-state index in [-0.39, 0.29) is 17.5 Å². The number of alkyl halides is 3. The van der Waals surface area contributed by atoms with Crippen LogP contribution in [-0.4, -0.2) is 55.3 Å². The number of benzene rings is 1. The van der Waals surface area contributed by atoms with E-state index in [0.717, 1.165) is 61.4 Å². The highest BCUT2D eigenvalue weighted by molar-refractivity contribution is 6.11. The number of anilines is 1. The third-order valence-corrected chi connectivity index (χ3v) is 6.19. The molecule has 1 fully saturated rings. The zero-order chi connectivity index (χ0) is 25.3. The third kappa shape index (κ3) is 5.21. The molecule has 3 aromatic heterocycles. The zero-order valence-corrected chi connectivity index (χ0v) is 19.1. The Labute approximate surface area is 204 Å². The Balaban J connectivity index is 1.37. The summed E-state index contributed by atoms with van der Waals surface area (Å²) in [5.41, 5.74) is 2.35. The number of aromatic amines is 1. The molecule has 0 radical (unpaired) electrons. The molecule has 8 nitrogen and oxygen atoms in total. The highest BCUT2D eigenvalue weighted by Gasteiger charge is 2.31. The van der Waals surface area contributed by atoms with E-state index in [0.29, 0.717) is 17.1 Å². The maximum Gasteiger partial charge on any atom is 0.417 e. The van der Waals surface area contributed by atoms with Gasteiger partial charge in [0.2, 0.25) is 0 Å². The average Bonchev–Trinajstić information content (AvgIpc) is 3.29. The molecular weight excluding hydrogens is 473 g/mol. The van der Waals surface area contributed by atoms with Gasteiger partial charge in [0.15, 0.2) is 5.69 Å². The minimum Gasteiger partial charge on any atom is -0.393 e. The van der Waals surface area contributed by atoms with Crippen LogP contribution in [0.3, 0.4) is 0 Å². The first-order valence-electron chi connectivity index (χ1n) is 11.4. The van der Waals surface area contributed by atoms with Crippen LogP contribution in [0.4, 0.5) is 18.9 Å². The topological polar surface area (TPSA) is 107 Å². The van der Waals surface area contributed by atoms with Gasteiger partial charge in [-0.25, -0.2) is 0 Å². The Hall–Kier alpha value is -3.83. The number of hydrogen-bond donors (Lipinski definition) is 3. The lowest BCUT2D eigenvalue weighted by molar-refractivity contribution is -0.137. The molecule has 36 heavy (non-hydrogen) atoms.